The Morgan fingerprint density at radius 1 is 1.33 bits per heavy atom. The lowest BCUT2D eigenvalue weighted by Crippen LogP contribution is -2.36. The maximum atomic E-state index is 11.8. The Labute approximate surface area is 125 Å². The maximum absolute atomic E-state index is 11.8. The van der Waals surface area contributed by atoms with Crippen molar-refractivity contribution < 1.29 is 4.79 Å². The molecule has 0 unspecified atom stereocenters. The van der Waals surface area contributed by atoms with Gasteiger partial charge < -0.3 is 16.4 Å². The highest BCUT2D eigenvalue weighted by atomic mass is 16.1. The number of fused-ring (bicyclic) bond motifs is 1. The van der Waals surface area contributed by atoms with Crippen molar-refractivity contribution in [2.24, 2.45) is 17.4 Å². The van der Waals surface area contributed by atoms with Crippen molar-refractivity contribution in [1.82, 2.24) is 4.98 Å². The van der Waals surface area contributed by atoms with Crippen molar-refractivity contribution in [3.8, 4) is 0 Å². The molecule has 1 fully saturated rings. The summed E-state index contributed by atoms with van der Waals surface area (Å²) in [6.45, 7) is 2.64. The molecule has 1 aliphatic carbocycles. The lowest BCUT2D eigenvalue weighted by atomic mass is 9.93. The number of piperidine rings is 1. The van der Waals surface area contributed by atoms with Crippen LogP contribution in [0.15, 0.2) is 6.07 Å². The van der Waals surface area contributed by atoms with E-state index in [0.717, 1.165) is 69.7 Å². The summed E-state index contributed by atoms with van der Waals surface area (Å²) in [5.41, 5.74) is 14.2. The molecular weight excluding hydrogens is 264 g/mol. The number of hydrogen-bond acceptors (Lipinski definition) is 4. The number of pyridine rings is 1. The maximum Gasteiger partial charge on any atom is 0.252 e. The van der Waals surface area contributed by atoms with Gasteiger partial charge in [-0.2, -0.15) is 0 Å². The van der Waals surface area contributed by atoms with E-state index in [4.69, 9.17) is 16.5 Å². The summed E-state index contributed by atoms with van der Waals surface area (Å²) < 4.78 is 0. The number of amides is 1. The second-order valence-corrected chi connectivity index (χ2v) is 6.19. The molecule has 2 aliphatic rings. The molecule has 1 amide bonds. The van der Waals surface area contributed by atoms with Crippen LogP contribution in [0.25, 0.3) is 0 Å². The minimum absolute atomic E-state index is 0.365. The van der Waals surface area contributed by atoms with E-state index in [2.05, 4.69) is 4.90 Å². The molecule has 0 aromatic carbocycles. The lowest BCUT2D eigenvalue weighted by molar-refractivity contribution is 0.1000. The SMILES string of the molecule is NCCC1CCN(c2nc3c(cc2C(N)=O)CCC3)CC1. The zero-order valence-corrected chi connectivity index (χ0v) is 12.5. The number of primary amides is 1. The van der Waals surface area contributed by atoms with Gasteiger partial charge >= 0.3 is 0 Å². The van der Waals surface area contributed by atoms with Gasteiger partial charge in [-0.25, -0.2) is 4.98 Å². The van der Waals surface area contributed by atoms with E-state index in [-0.39, 0.29) is 5.91 Å². The van der Waals surface area contributed by atoms with Crippen LogP contribution < -0.4 is 16.4 Å². The van der Waals surface area contributed by atoms with Crippen molar-refractivity contribution in [1.29, 1.82) is 0 Å². The van der Waals surface area contributed by atoms with Gasteiger partial charge in [-0.15, -0.1) is 0 Å². The Hall–Kier alpha value is -1.62. The molecular formula is C16H24N4O. The monoisotopic (exact) mass is 288 g/mol. The predicted octanol–water partition coefficient (Wildman–Crippen LogP) is 1.23. The third-order valence-electron chi connectivity index (χ3n) is 4.79. The fraction of sp³-hybridized carbons (Fsp3) is 0.625. The molecule has 5 heteroatoms. The van der Waals surface area contributed by atoms with Gasteiger partial charge in [0.05, 0.1) is 5.56 Å². The standard InChI is InChI=1S/C16H24N4O/c17-7-4-11-5-8-20(9-6-11)16-13(15(18)21)10-12-2-1-3-14(12)19-16/h10-11H,1-9,17H2,(H2,18,21). The molecule has 0 spiro atoms. The van der Waals surface area contributed by atoms with Crippen LogP contribution in [-0.4, -0.2) is 30.5 Å². The molecule has 1 aromatic rings. The van der Waals surface area contributed by atoms with Crippen molar-refractivity contribution in [3.05, 3.63) is 22.9 Å². The van der Waals surface area contributed by atoms with Gasteiger partial charge in [0, 0.05) is 18.8 Å². The highest BCUT2D eigenvalue weighted by Crippen LogP contribution is 2.30. The van der Waals surface area contributed by atoms with E-state index < -0.39 is 0 Å². The number of anilines is 1. The Balaban J connectivity index is 1.83. The average Bonchev–Trinajstić information content (AvgIpc) is 2.94. The van der Waals surface area contributed by atoms with E-state index >= 15 is 0 Å². The van der Waals surface area contributed by atoms with Crippen LogP contribution in [0.1, 0.15) is 47.3 Å². The number of aryl methyl sites for hydroxylation is 2. The van der Waals surface area contributed by atoms with Gasteiger partial charge in [-0.3, -0.25) is 4.79 Å². The first-order valence-corrected chi connectivity index (χ1v) is 7.96. The number of hydrogen-bond donors (Lipinski definition) is 2. The molecule has 0 atom stereocenters. The van der Waals surface area contributed by atoms with E-state index in [1.807, 2.05) is 6.07 Å². The number of carbonyl (C=O) groups excluding carboxylic acids is 1. The first kappa shape index (κ1) is 14.3. The summed E-state index contributed by atoms with van der Waals surface area (Å²) in [6.07, 6.45) is 6.49. The molecule has 0 saturated carbocycles. The van der Waals surface area contributed by atoms with E-state index in [1.54, 1.807) is 0 Å². The Bertz CT molecular complexity index is 535. The van der Waals surface area contributed by atoms with Crippen molar-refractivity contribution in [2.75, 3.05) is 24.5 Å². The molecule has 0 bridgehead atoms. The van der Waals surface area contributed by atoms with Crippen LogP contribution in [0.3, 0.4) is 0 Å². The molecule has 21 heavy (non-hydrogen) atoms. The third kappa shape index (κ3) is 2.88. The largest absolute Gasteiger partial charge is 0.365 e. The number of carbonyl (C=O) groups is 1. The fourth-order valence-corrected chi connectivity index (χ4v) is 3.55. The van der Waals surface area contributed by atoms with Crippen LogP contribution in [0, 0.1) is 5.92 Å². The van der Waals surface area contributed by atoms with Gasteiger partial charge in [-0.05, 0) is 62.6 Å². The van der Waals surface area contributed by atoms with Crippen LogP contribution in [-0.2, 0) is 12.8 Å². The summed E-state index contributed by atoms with van der Waals surface area (Å²) in [7, 11) is 0. The smallest absolute Gasteiger partial charge is 0.252 e. The average molecular weight is 288 g/mol. The quantitative estimate of drug-likeness (QED) is 0.872. The predicted molar refractivity (Wildman–Crippen MR) is 83.4 cm³/mol. The van der Waals surface area contributed by atoms with Crippen LogP contribution in [0.5, 0.6) is 0 Å². The van der Waals surface area contributed by atoms with Gasteiger partial charge in [0.2, 0.25) is 0 Å². The number of nitrogens with two attached hydrogens (primary N) is 2. The second kappa shape index (κ2) is 6.02. The number of aromatic nitrogens is 1. The number of rotatable bonds is 4. The minimum Gasteiger partial charge on any atom is -0.365 e. The van der Waals surface area contributed by atoms with Gasteiger partial charge in [0.1, 0.15) is 5.82 Å². The normalized spacial score (nSPS) is 18.8. The highest BCUT2D eigenvalue weighted by Gasteiger charge is 2.25. The summed E-state index contributed by atoms with van der Waals surface area (Å²) >= 11 is 0. The lowest BCUT2D eigenvalue weighted by Gasteiger charge is -2.33. The molecule has 2 heterocycles. The fourth-order valence-electron chi connectivity index (χ4n) is 3.55. The topological polar surface area (TPSA) is 85.2 Å². The zero-order valence-electron chi connectivity index (χ0n) is 12.5. The number of nitrogens with zero attached hydrogens (tertiary/aromatic N) is 2. The van der Waals surface area contributed by atoms with Crippen molar-refractivity contribution >= 4 is 11.7 Å². The van der Waals surface area contributed by atoms with E-state index in [9.17, 15) is 4.79 Å². The van der Waals surface area contributed by atoms with Crippen LogP contribution in [0.4, 0.5) is 5.82 Å². The van der Waals surface area contributed by atoms with Gasteiger partial charge in [0.15, 0.2) is 0 Å². The zero-order chi connectivity index (χ0) is 14.8. The third-order valence-corrected chi connectivity index (χ3v) is 4.79. The highest BCUT2D eigenvalue weighted by molar-refractivity contribution is 5.98. The summed E-state index contributed by atoms with van der Waals surface area (Å²) in [6, 6.07) is 1.97. The van der Waals surface area contributed by atoms with Gasteiger partial charge in [0.25, 0.3) is 5.91 Å². The molecule has 114 valence electrons. The summed E-state index contributed by atoms with van der Waals surface area (Å²) in [5, 5.41) is 0. The summed E-state index contributed by atoms with van der Waals surface area (Å²) in [5.74, 6) is 1.14. The first-order valence-electron chi connectivity index (χ1n) is 7.96. The molecule has 3 rings (SSSR count). The first-order chi connectivity index (χ1) is 10.2. The van der Waals surface area contributed by atoms with Crippen LogP contribution in [0.2, 0.25) is 0 Å². The molecule has 0 radical (unpaired) electrons. The molecule has 1 aliphatic heterocycles. The molecule has 1 saturated heterocycles. The summed E-state index contributed by atoms with van der Waals surface area (Å²) in [4.78, 5) is 18.8. The molecule has 5 nitrogen and oxygen atoms in total. The molecule has 1 aromatic heterocycles. The van der Waals surface area contributed by atoms with Crippen molar-refractivity contribution in [3.63, 3.8) is 0 Å². The minimum atomic E-state index is -0.365. The van der Waals surface area contributed by atoms with Crippen molar-refractivity contribution in [2.45, 2.75) is 38.5 Å². The second-order valence-electron chi connectivity index (χ2n) is 6.19. The Kier molecular flexibility index (Phi) is 4.10. The van der Waals surface area contributed by atoms with E-state index in [1.165, 1.54) is 5.56 Å². The Morgan fingerprint density at radius 2 is 2.10 bits per heavy atom. The molecule has 4 N–H and O–H groups in total. The van der Waals surface area contributed by atoms with Crippen LogP contribution >= 0.6 is 0 Å². The Morgan fingerprint density at radius 3 is 2.76 bits per heavy atom. The van der Waals surface area contributed by atoms with E-state index in [0.29, 0.717) is 11.5 Å². The van der Waals surface area contributed by atoms with Gasteiger partial charge in [-0.1, -0.05) is 0 Å².